The number of halogens is 1. The highest BCUT2D eigenvalue weighted by atomic mass is 19.1. The minimum absolute atomic E-state index is 0.104. The summed E-state index contributed by atoms with van der Waals surface area (Å²) in [5, 5.41) is 2.61. The number of aryl methyl sites for hydroxylation is 1. The van der Waals surface area contributed by atoms with E-state index in [1.165, 1.54) is 12.1 Å². The highest BCUT2D eigenvalue weighted by Gasteiger charge is 2.40. The van der Waals surface area contributed by atoms with Crippen LogP contribution in [0.1, 0.15) is 23.6 Å². The molecule has 0 saturated heterocycles. The van der Waals surface area contributed by atoms with Gasteiger partial charge in [0.2, 0.25) is 11.9 Å². The minimum atomic E-state index is -0.739. The first-order chi connectivity index (χ1) is 16.0. The topological polar surface area (TPSA) is 67.2 Å². The number of carbonyl (C=O) groups excluding carboxylic acids is 2. The summed E-state index contributed by atoms with van der Waals surface area (Å²) in [7, 11) is 0. The van der Waals surface area contributed by atoms with Gasteiger partial charge in [-0.2, -0.15) is 0 Å². The number of rotatable bonds is 6. The predicted molar refractivity (Wildman–Crippen MR) is 126 cm³/mol. The van der Waals surface area contributed by atoms with Gasteiger partial charge < -0.3 is 5.32 Å². The van der Waals surface area contributed by atoms with Gasteiger partial charge in [-0.05, 0) is 48.7 Å². The van der Waals surface area contributed by atoms with E-state index in [9.17, 15) is 14.0 Å². The molecule has 2 amide bonds. The van der Waals surface area contributed by atoms with Gasteiger partial charge >= 0.3 is 0 Å². The van der Waals surface area contributed by atoms with E-state index in [-0.39, 0.29) is 18.0 Å². The average molecular weight is 442 g/mol. The van der Waals surface area contributed by atoms with Crippen LogP contribution in [0.5, 0.6) is 0 Å². The van der Waals surface area contributed by atoms with E-state index in [0.717, 1.165) is 22.2 Å². The smallest absolute Gasteiger partial charge is 0.253 e. The van der Waals surface area contributed by atoms with Crippen molar-refractivity contribution in [3.05, 3.63) is 89.7 Å². The number of anilines is 2. The molecule has 166 valence electrons. The molecule has 1 atom stereocenters. The largest absolute Gasteiger partial charge is 0.324 e. The van der Waals surface area contributed by atoms with Crippen LogP contribution in [0.2, 0.25) is 0 Å². The molecular formula is C26H23FN4O2. The van der Waals surface area contributed by atoms with Crippen molar-refractivity contribution < 1.29 is 14.0 Å². The molecule has 5 rings (SSSR count). The molecular weight excluding hydrogens is 419 g/mol. The quantitative estimate of drug-likeness (QED) is 0.473. The molecule has 6 nitrogen and oxygen atoms in total. The fraction of sp³-hybridized carbons (Fsp3) is 0.192. The van der Waals surface area contributed by atoms with Gasteiger partial charge in [-0.25, -0.2) is 9.37 Å². The maximum Gasteiger partial charge on any atom is 0.253 e. The van der Waals surface area contributed by atoms with Crippen molar-refractivity contribution in [1.29, 1.82) is 0 Å². The van der Waals surface area contributed by atoms with Gasteiger partial charge in [0.05, 0.1) is 23.1 Å². The van der Waals surface area contributed by atoms with Crippen molar-refractivity contribution in [2.24, 2.45) is 0 Å². The summed E-state index contributed by atoms with van der Waals surface area (Å²) >= 11 is 0. The molecule has 0 bridgehead atoms. The Morgan fingerprint density at radius 3 is 2.61 bits per heavy atom. The summed E-state index contributed by atoms with van der Waals surface area (Å²) in [5.74, 6) is -0.570. The van der Waals surface area contributed by atoms with Crippen LogP contribution in [0.4, 0.5) is 16.0 Å². The molecule has 1 aliphatic rings. The Morgan fingerprint density at radius 1 is 1.06 bits per heavy atom. The monoisotopic (exact) mass is 442 g/mol. The van der Waals surface area contributed by atoms with Gasteiger partial charge in [-0.1, -0.05) is 48.5 Å². The van der Waals surface area contributed by atoms with Crippen LogP contribution in [0.15, 0.2) is 72.8 Å². The Hall–Kier alpha value is -4.00. The van der Waals surface area contributed by atoms with Crippen LogP contribution in [0, 0.1) is 12.7 Å². The number of amides is 2. The summed E-state index contributed by atoms with van der Waals surface area (Å²) in [6, 6.07) is 21.4. The number of carbonyl (C=O) groups is 2. The highest BCUT2D eigenvalue weighted by Crippen LogP contribution is 2.36. The van der Waals surface area contributed by atoms with Gasteiger partial charge in [-0.3, -0.25) is 19.1 Å². The molecule has 0 aliphatic carbocycles. The molecule has 4 aromatic rings. The van der Waals surface area contributed by atoms with E-state index in [2.05, 4.69) is 10.3 Å². The third-order valence-electron chi connectivity index (χ3n) is 5.93. The van der Waals surface area contributed by atoms with Crippen LogP contribution in [0.3, 0.4) is 0 Å². The molecule has 0 radical (unpaired) electrons. The molecule has 0 saturated carbocycles. The minimum Gasteiger partial charge on any atom is -0.324 e. The number of para-hydroxylation sites is 2. The van der Waals surface area contributed by atoms with Crippen molar-refractivity contribution >= 4 is 34.5 Å². The van der Waals surface area contributed by atoms with E-state index in [1.54, 1.807) is 17.9 Å². The maximum absolute atomic E-state index is 14.2. The molecule has 0 fully saturated rings. The summed E-state index contributed by atoms with van der Waals surface area (Å²) in [6.45, 7) is 2.23. The van der Waals surface area contributed by atoms with Gasteiger partial charge in [0.1, 0.15) is 11.9 Å². The van der Waals surface area contributed by atoms with Crippen molar-refractivity contribution in [3.8, 4) is 0 Å². The highest BCUT2D eigenvalue weighted by molar-refractivity contribution is 6.05. The number of fused-ring (bicyclic) bond motifs is 3. The summed E-state index contributed by atoms with van der Waals surface area (Å²) in [4.78, 5) is 32.6. The normalized spacial score (nSPS) is 15.2. The Labute approximate surface area is 190 Å². The van der Waals surface area contributed by atoms with Crippen LogP contribution in [-0.4, -0.2) is 27.9 Å². The van der Waals surface area contributed by atoms with Crippen LogP contribution in [0.25, 0.3) is 11.0 Å². The molecule has 2 heterocycles. The van der Waals surface area contributed by atoms with Crippen molar-refractivity contribution in [2.45, 2.75) is 25.8 Å². The van der Waals surface area contributed by atoms with E-state index in [1.807, 2.05) is 59.2 Å². The van der Waals surface area contributed by atoms with Gasteiger partial charge in [0.25, 0.3) is 5.91 Å². The van der Waals surface area contributed by atoms with Gasteiger partial charge in [-0.15, -0.1) is 0 Å². The van der Waals surface area contributed by atoms with Crippen LogP contribution in [-0.2, 0) is 16.0 Å². The van der Waals surface area contributed by atoms with Gasteiger partial charge in [0.15, 0.2) is 0 Å². The Kier molecular flexibility index (Phi) is 5.38. The molecule has 1 aromatic heterocycles. The number of nitrogens with zero attached hydrogens (tertiary/aromatic N) is 3. The van der Waals surface area contributed by atoms with Gasteiger partial charge in [0, 0.05) is 6.54 Å². The molecule has 1 aliphatic heterocycles. The van der Waals surface area contributed by atoms with Crippen LogP contribution < -0.4 is 10.2 Å². The lowest BCUT2D eigenvalue weighted by molar-refractivity contribution is -0.124. The molecule has 1 N–H and O–H groups in total. The second kappa shape index (κ2) is 8.50. The maximum atomic E-state index is 14.2. The Bertz CT molecular complexity index is 1350. The molecule has 0 spiro atoms. The van der Waals surface area contributed by atoms with Crippen molar-refractivity contribution in [3.63, 3.8) is 0 Å². The van der Waals surface area contributed by atoms with E-state index < -0.39 is 17.8 Å². The molecule has 3 aromatic carbocycles. The Morgan fingerprint density at radius 2 is 1.82 bits per heavy atom. The summed E-state index contributed by atoms with van der Waals surface area (Å²) in [6.07, 6.45) is 0.560. The lowest BCUT2D eigenvalue weighted by Gasteiger charge is -2.16. The first kappa shape index (κ1) is 20.9. The lowest BCUT2D eigenvalue weighted by atomic mass is 10.1. The Balaban J connectivity index is 1.42. The first-order valence-electron chi connectivity index (χ1n) is 10.9. The fourth-order valence-corrected chi connectivity index (χ4v) is 4.29. The van der Waals surface area contributed by atoms with E-state index in [0.29, 0.717) is 18.9 Å². The average Bonchev–Trinajstić information content (AvgIpc) is 3.30. The zero-order chi connectivity index (χ0) is 22.9. The predicted octanol–water partition coefficient (Wildman–Crippen LogP) is 4.64. The summed E-state index contributed by atoms with van der Waals surface area (Å²) in [5.41, 5.74) is 3.54. The molecule has 7 heteroatoms. The second-order valence-corrected chi connectivity index (χ2v) is 8.25. The molecule has 1 unspecified atom stereocenters. The fourth-order valence-electron chi connectivity index (χ4n) is 4.29. The summed E-state index contributed by atoms with van der Waals surface area (Å²) < 4.78 is 16.0. The zero-order valence-electron chi connectivity index (χ0n) is 18.2. The third kappa shape index (κ3) is 3.98. The number of imidazole rings is 1. The van der Waals surface area contributed by atoms with E-state index in [4.69, 9.17) is 0 Å². The molecule has 33 heavy (non-hydrogen) atoms. The van der Waals surface area contributed by atoms with Crippen LogP contribution >= 0.6 is 0 Å². The van der Waals surface area contributed by atoms with E-state index >= 15 is 0 Å². The standard InChI is InChI=1S/C26H23FN4O2/c1-17-11-12-20(19(27)15-17)28-24(32)16-23-25(33)30(14-13-18-7-3-2-4-8-18)26-29-21-9-5-6-10-22(21)31(23)26/h2-12,15,23H,13-14,16H2,1H3,(H,28,32). The number of hydrogen-bond acceptors (Lipinski definition) is 3. The second-order valence-electron chi connectivity index (χ2n) is 8.25. The first-order valence-corrected chi connectivity index (χ1v) is 10.9. The van der Waals surface area contributed by atoms with Crippen molar-refractivity contribution in [2.75, 3.05) is 16.8 Å². The SMILES string of the molecule is Cc1ccc(NC(=O)CC2C(=O)N(CCc3ccccc3)c3nc4ccccc4n32)c(F)c1. The number of hydrogen-bond donors (Lipinski definition) is 1. The lowest BCUT2D eigenvalue weighted by Crippen LogP contribution is -2.33. The number of nitrogens with one attached hydrogen (secondary N) is 1. The van der Waals surface area contributed by atoms with Crippen molar-refractivity contribution in [1.82, 2.24) is 9.55 Å². The third-order valence-corrected chi connectivity index (χ3v) is 5.93. The zero-order valence-corrected chi connectivity index (χ0v) is 18.2. The number of aromatic nitrogens is 2. The number of benzene rings is 3.